The van der Waals surface area contributed by atoms with E-state index in [0.717, 1.165) is 13.1 Å². The molecule has 2 fully saturated rings. The standard InChI is InChI=1S/C10H18N2O3/c1-6(7-2-11-3-7)10(15)12-4-8(13)9(14)5-12/h6-9,11,13-14H,2-5H2,1H3/t6?,8-,9+. The Hall–Kier alpha value is -0.650. The van der Waals surface area contributed by atoms with E-state index in [1.165, 1.54) is 0 Å². The molecule has 0 aromatic rings. The molecule has 5 heteroatoms. The molecule has 0 bridgehead atoms. The maximum absolute atomic E-state index is 11.9. The summed E-state index contributed by atoms with van der Waals surface area (Å²) in [6, 6.07) is 0. The van der Waals surface area contributed by atoms with Crippen molar-refractivity contribution in [2.75, 3.05) is 26.2 Å². The summed E-state index contributed by atoms with van der Waals surface area (Å²) in [4.78, 5) is 13.5. The van der Waals surface area contributed by atoms with Crippen LogP contribution < -0.4 is 5.32 Å². The summed E-state index contributed by atoms with van der Waals surface area (Å²) >= 11 is 0. The Morgan fingerprint density at radius 2 is 1.87 bits per heavy atom. The van der Waals surface area contributed by atoms with Crippen molar-refractivity contribution in [3.8, 4) is 0 Å². The van der Waals surface area contributed by atoms with Gasteiger partial charge in [0.15, 0.2) is 0 Å². The number of β-amino-alcohol motifs (C(OH)–C–C–N with tert-alkyl or cyclic N) is 2. The van der Waals surface area contributed by atoms with Gasteiger partial charge in [-0.05, 0) is 19.0 Å². The van der Waals surface area contributed by atoms with Crippen molar-refractivity contribution in [2.45, 2.75) is 19.1 Å². The molecule has 0 aromatic heterocycles. The number of carbonyl (C=O) groups excluding carboxylic acids is 1. The number of rotatable bonds is 2. The highest BCUT2D eigenvalue weighted by atomic mass is 16.3. The Kier molecular flexibility index (Phi) is 2.95. The zero-order valence-corrected chi connectivity index (χ0v) is 8.89. The highest BCUT2D eigenvalue weighted by Crippen LogP contribution is 2.21. The SMILES string of the molecule is CC(C(=O)N1C[C@@H](O)[C@@H](O)C1)C1CNC1. The Morgan fingerprint density at radius 1 is 1.33 bits per heavy atom. The summed E-state index contributed by atoms with van der Waals surface area (Å²) in [5.74, 6) is 0.452. The van der Waals surface area contributed by atoms with Crippen LogP contribution >= 0.6 is 0 Å². The first kappa shape index (κ1) is 10.9. The van der Waals surface area contributed by atoms with Crippen LogP contribution in [0.1, 0.15) is 6.92 Å². The molecule has 2 heterocycles. The Balaban J connectivity index is 1.90. The minimum atomic E-state index is -0.777. The molecule has 1 amide bonds. The molecule has 15 heavy (non-hydrogen) atoms. The average molecular weight is 214 g/mol. The molecule has 1 unspecified atom stereocenters. The molecular weight excluding hydrogens is 196 g/mol. The molecular formula is C10H18N2O3. The van der Waals surface area contributed by atoms with E-state index in [1.807, 2.05) is 6.92 Å². The molecule has 3 N–H and O–H groups in total. The third-order valence-electron chi connectivity index (χ3n) is 3.48. The van der Waals surface area contributed by atoms with Crippen LogP contribution in [-0.4, -0.2) is 59.4 Å². The Morgan fingerprint density at radius 3 is 2.27 bits per heavy atom. The van der Waals surface area contributed by atoms with Gasteiger partial charge in [0.1, 0.15) is 0 Å². The molecule has 0 spiro atoms. The normalized spacial score (nSPS) is 33.9. The first-order valence-corrected chi connectivity index (χ1v) is 5.45. The summed E-state index contributed by atoms with van der Waals surface area (Å²) in [6.45, 7) is 4.25. The van der Waals surface area contributed by atoms with Crippen molar-refractivity contribution in [2.24, 2.45) is 11.8 Å². The number of amides is 1. The lowest BCUT2D eigenvalue weighted by atomic mass is 9.88. The van der Waals surface area contributed by atoms with E-state index in [2.05, 4.69) is 5.32 Å². The van der Waals surface area contributed by atoms with E-state index >= 15 is 0 Å². The zero-order valence-electron chi connectivity index (χ0n) is 8.89. The lowest BCUT2D eigenvalue weighted by Gasteiger charge is -2.33. The van der Waals surface area contributed by atoms with Crippen LogP contribution in [0, 0.1) is 11.8 Å². The molecule has 2 aliphatic heterocycles. The van der Waals surface area contributed by atoms with E-state index in [0.29, 0.717) is 5.92 Å². The van der Waals surface area contributed by atoms with E-state index in [4.69, 9.17) is 0 Å². The number of aliphatic hydroxyl groups excluding tert-OH is 2. The first-order valence-electron chi connectivity index (χ1n) is 5.45. The molecule has 0 radical (unpaired) electrons. The van der Waals surface area contributed by atoms with Gasteiger partial charge in [-0.2, -0.15) is 0 Å². The fraction of sp³-hybridized carbons (Fsp3) is 0.900. The quantitative estimate of drug-likeness (QED) is 0.518. The summed E-state index contributed by atoms with van der Waals surface area (Å²) in [5.41, 5.74) is 0. The highest BCUT2D eigenvalue weighted by Gasteiger charge is 2.37. The largest absolute Gasteiger partial charge is 0.388 e. The van der Waals surface area contributed by atoms with Crippen LogP contribution in [-0.2, 0) is 4.79 Å². The summed E-state index contributed by atoms with van der Waals surface area (Å²) < 4.78 is 0. The van der Waals surface area contributed by atoms with Gasteiger partial charge in [0.05, 0.1) is 12.2 Å². The molecule has 86 valence electrons. The number of aliphatic hydroxyl groups is 2. The number of hydrogen-bond acceptors (Lipinski definition) is 4. The molecule has 2 saturated heterocycles. The number of hydrogen-bond donors (Lipinski definition) is 3. The van der Waals surface area contributed by atoms with Crippen LogP contribution in [0.3, 0.4) is 0 Å². The first-order chi connectivity index (χ1) is 7.09. The number of carbonyl (C=O) groups is 1. The highest BCUT2D eigenvalue weighted by molar-refractivity contribution is 5.79. The molecule has 3 atom stereocenters. The molecule has 0 aliphatic carbocycles. The zero-order chi connectivity index (χ0) is 11.0. The second-order valence-electron chi connectivity index (χ2n) is 4.58. The van der Waals surface area contributed by atoms with Crippen molar-refractivity contribution in [3.05, 3.63) is 0 Å². The maximum Gasteiger partial charge on any atom is 0.225 e. The molecule has 0 aromatic carbocycles. The fourth-order valence-electron chi connectivity index (χ4n) is 2.10. The van der Waals surface area contributed by atoms with Gasteiger partial charge >= 0.3 is 0 Å². The van der Waals surface area contributed by atoms with Crippen molar-refractivity contribution in [3.63, 3.8) is 0 Å². The van der Waals surface area contributed by atoms with Gasteiger partial charge in [-0.1, -0.05) is 6.92 Å². The Labute approximate surface area is 89.1 Å². The molecule has 2 aliphatic rings. The molecule has 2 rings (SSSR count). The topological polar surface area (TPSA) is 72.8 Å². The van der Waals surface area contributed by atoms with Crippen molar-refractivity contribution in [1.29, 1.82) is 0 Å². The van der Waals surface area contributed by atoms with E-state index in [9.17, 15) is 15.0 Å². The predicted octanol–water partition coefficient (Wildman–Crippen LogP) is -1.59. The van der Waals surface area contributed by atoms with Crippen molar-refractivity contribution in [1.82, 2.24) is 10.2 Å². The number of nitrogens with one attached hydrogen (secondary N) is 1. The van der Waals surface area contributed by atoms with Crippen LogP contribution in [0.15, 0.2) is 0 Å². The third-order valence-corrected chi connectivity index (χ3v) is 3.48. The second kappa shape index (κ2) is 4.08. The van der Waals surface area contributed by atoms with Crippen molar-refractivity contribution < 1.29 is 15.0 Å². The van der Waals surface area contributed by atoms with Gasteiger partial charge in [0.2, 0.25) is 5.91 Å². The summed E-state index contributed by atoms with van der Waals surface area (Å²) in [6.07, 6.45) is -1.55. The van der Waals surface area contributed by atoms with Crippen molar-refractivity contribution >= 4 is 5.91 Å². The van der Waals surface area contributed by atoms with Gasteiger partial charge in [-0.3, -0.25) is 4.79 Å². The van der Waals surface area contributed by atoms with Crippen LogP contribution in [0.5, 0.6) is 0 Å². The average Bonchev–Trinajstić information content (AvgIpc) is 2.43. The monoisotopic (exact) mass is 214 g/mol. The van der Waals surface area contributed by atoms with E-state index in [1.54, 1.807) is 4.90 Å². The predicted molar refractivity (Wildman–Crippen MR) is 54.1 cm³/mol. The van der Waals surface area contributed by atoms with Gasteiger partial charge in [0, 0.05) is 19.0 Å². The van der Waals surface area contributed by atoms with Gasteiger partial charge in [-0.15, -0.1) is 0 Å². The number of likely N-dealkylation sites (tertiary alicyclic amines) is 1. The van der Waals surface area contributed by atoms with Crippen LogP contribution in [0.2, 0.25) is 0 Å². The lowest BCUT2D eigenvalue weighted by molar-refractivity contribution is -0.136. The van der Waals surface area contributed by atoms with E-state index in [-0.39, 0.29) is 24.9 Å². The fourth-order valence-corrected chi connectivity index (χ4v) is 2.10. The minimum Gasteiger partial charge on any atom is -0.388 e. The third kappa shape index (κ3) is 2.00. The summed E-state index contributed by atoms with van der Waals surface area (Å²) in [5, 5.41) is 21.8. The molecule has 5 nitrogen and oxygen atoms in total. The summed E-state index contributed by atoms with van der Waals surface area (Å²) in [7, 11) is 0. The van der Waals surface area contributed by atoms with Gasteiger partial charge in [0.25, 0.3) is 0 Å². The van der Waals surface area contributed by atoms with Gasteiger partial charge in [-0.25, -0.2) is 0 Å². The van der Waals surface area contributed by atoms with Crippen LogP contribution in [0.25, 0.3) is 0 Å². The van der Waals surface area contributed by atoms with Gasteiger partial charge < -0.3 is 20.4 Å². The number of nitrogens with zero attached hydrogens (tertiary/aromatic N) is 1. The molecule has 0 saturated carbocycles. The van der Waals surface area contributed by atoms with Crippen LogP contribution in [0.4, 0.5) is 0 Å². The lowest BCUT2D eigenvalue weighted by Crippen LogP contribution is -2.50. The Bertz CT molecular complexity index is 245. The van der Waals surface area contributed by atoms with E-state index < -0.39 is 12.2 Å². The maximum atomic E-state index is 11.9. The smallest absolute Gasteiger partial charge is 0.225 e. The minimum absolute atomic E-state index is 0.0104. The second-order valence-corrected chi connectivity index (χ2v) is 4.58.